The molecule has 0 saturated carbocycles. The fraction of sp³-hybridized carbons (Fsp3) is 0.944. The third-order valence-corrected chi connectivity index (χ3v) is 18.6. The van der Waals surface area contributed by atoms with Crippen molar-refractivity contribution in [1.82, 2.24) is 0 Å². The van der Waals surface area contributed by atoms with Crippen LogP contribution in [0.15, 0.2) is 0 Å². The van der Waals surface area contributed by atoms with Gasteiger partial charge >= 0.3 is 39.5 Å². The molecular formula is C71H138O17P2. The molecule has 0 aromatic heterocycles. The number of phosphoric ester groups is 2. The van der Waals surface area contributed by atoms with E-state index in [-0.39, 0.29) is 25.7 Å². The van der Waals surface area contributed by atoms with E-state index >= 15 is 0 Å². The molecule has 0 bridgehead atoms. The van der Waals surface area contributed by atoms with Crippen molar-refractivity contribution in [2.75, 3.05) is 39.6 Å². The molecule has 0 aromatic rings. The first kappa shape index (κ1) is 88.1. The smallest absolute Gasteiger partial charge is 0.462 e. The summed E-state index contributed by atoms with van der Waals surface area (Å²) in [7, 11) is -9.90. The average molecular weight is 1330 g/mol. The molecular weight excluding hydrogens is 1190 g/mol. The number of carbonyl (C=O) groups excluding carboxylic acids is 4. The Bertz CT molecular complexity index is 1780. The second kappa shape index (κ2) is 60.7. The number of phosphoric acid groups is 2. The zero-order valence-corrected chi connectivity index (χ0v) is 60.6. The fourth-order valence-corrected chi connectivity index (χ4v) is 12.2. The summed E-state index contributed by atoms with van der Waals surface area (Å²) in [6.07, 6.45) is 43.0. The van der Waals surface area contributed by atoms with E-state index in [2.05, 4.69) is 55.4 Å². The maximum Gasteiger partial charge on any atom is 0.472 e. The molecule has 0 aliphatic carbocycles. The van der Waals surface area contributed by atoms with Gasteiger partial charge in [0.25, 0.3) is 0 Å². The molecule has 4 unspecified atom stereocenters. The van der Waals surface area contributed by atoms with Crippen molar-refractivity contribution in [2.45, 2.75) is 369 Å². The van der Waals surface area contributed by atoms with Crippen molar-refractivity contribution in [3.8, 4) is 0 Å². The molecule has 0 rings (SSSR count). The van der Waals surface area contributed by atoms with Gasteiger partial charge in [0.15, 0.2) is 12.2 Å². The van der Waals surface area contributed by atoms with Gasteiger partial charge in [-0.15, -0.1) is 0 Å². The maximum atomic E-state index is 13.0. The molecule has 0 aliphatic heterocycles. The van der Waals surface area contributed by atoms with Crippen LogP contribution in [-0.4, -0.2) is 96.7 Å². The molecule has 0 aliphatic rings. The van der Waals surface area contributed by atoms with Gasteiger partial charge in [-0.1, -0.05) is 299 Å². The van der Waals surface area contributed by atoms with Crippen molar-refractivity contribution < 1.29 is 80.2 Å². The molecule has 3 N–H and O–H groups in total. The van der Waals surface area contributed by atoms with Crippen LogP contribution in [0.5, 0.6) is 0 Å². The number of hydrogen-bond acceptors (Lipinski definition) is 15. The van der Waals surface area contributed by atoms with Crippen LogP contribution >= 0.6 is 15.6 Å². The number of rotatable bonds is 68. The first-order chi connectivity index (χ1) is 43.1. The van der Waals surface area contributed by atoms with Crippen LogP contribution in [0.1, 0.15) is 351 Å². The first-order valence-corrected chi connectivity index (χ1v) is 39.7. The first-order valence-electron chi connectivity index (χ1n) is 36.7. The molecule has 19 heteroatoms. The van der Waals surface area contributed by atoms with E-state index in [1.807, 2.05) is 0 Å². The van der Waals surface area contributed by atoms with Crippen LogP contribution in [0.3, 0.4) is 0 Å². The highest BCUT2D eigenvalue weighted by Gasteiger charge is 2.30. The van der Waals surface area contributed by atoms with E-state index in [0.717, 1.165) is 114 Å². The number of aliphatic hydroxyl groups excluding tert-OH is 1. The predicted molar refractivity (Wildman–Crippen MR) is 363 cm³/mol. The Morgan fingerprint density at radius 1 is 0.311 bits per heavy atom. The Kier molecular flexibility index (Phi) is 59.4. The summed E-state index contributed by atoms with van der Waals surface area (Å²) in [5.74, 6) is 0.885. The number of esters is 4. The molecule has 0 heterocycles. The lowest BCUT2D eigenvalue weighted by molar-refractivity contribution is -0.161. The second-order valence-corrected chi connectivity index (χ2v) is 30.2. The normalized spacial score (nSPS) is 14.6. The van der Waals surface area contributed by atoms with Crippen molar-refractivity contribution in [3.05, 3.63) is 0 Å². The van der Waals surface area contributed by atoms with Crippen molar-refractivity contribution >= 4 is 39.5 Å². The topological polar surface area (TPSA) is 237 Å². The molecule has 90 heavy (non-hydrogen) atoms. The highest BCUT2D eigenvalue weighted by Crippen LogP contribution is 2.45. The lowest BCUT2D eigenvalue weighted by atomic mass is 9.99. The number of unbranched alkanes of at least 4 members (excludes halogenated alkanes) is 33. The van der Waals surface area contributed by atoms with Crippen LogP contribution in [0.2, 0.25) is 0 Å². The van der Waals surface area contributed by atoms with E-state index in [4.69, 9.17) is 37.0 Å². The second-order valence-electron chi connectivity index (χ2n) is 27.3. The van der Waals surface area contributed by atoms with Gasteiger partial charge in [-0.25, -0.2) is 9.13 Å². The zero-order chi connectivity index (χ0) is 66.8. The molecule has 6 atom stereocenters. The van der Waals surface area contributed by atoms with Crippen LogP contribution in [0, 0.1) is 23.7 Å². The fourth-order valence-electron chi connectivity index (χ4n) is 10.6. The quantitative estimate of drug-likeness (QED) is 0.0222. The maximum absolute atomic E-state index is 13.0. The lowest BCUT2D eigenvalue weighted by Gasteiger charge is -2.21. The number of hydrogen-bond donors (Lipinski definition) is 3. The molecule has 0 fully saturated rings. The summed E-state index contributed by atoms with van der Waals surface area (Å²) in [4.78, 5) is 72.6. The third kappa shape index (κ3) is 63.5. The van der Waals surface area contributed by atoms with Crippen molar-refractivity contribution in [3.63, 3.8) is 0 Å². The van der Waals surface area contributed by atoms with Crippen LogP contribution in [0.4, 0.5) is 0 Å². The van der Waals surface area contributed by atoms with Gasteiger partial charge in [-0.05, 0) is 49.4 Å². The highest BCUT2D eigenvalue weighted by molar-refractivity contribution is 7.47. The minimum atomic E-state index is -4.95. The van der Waals surface area contributed by atoms with Gasteiger partial charge in [0.2, 0.25) is 0 Å². The monoisotopic (exact) mass is 1320 g/mol. The Hall–Kier alpha value is -1.94. The average Bonchev–Trinajstić information content (AvgIpc) is 3.71. The Labute approximate surface area is 549 Å². The number of carbonyl (C=O) groups is 4. The highest BCUT2D eigenvalue weighted by atomic mass is 31.2. The van der Waals surface area contributed by atoms with E-state index in [9.17, 15) is 43.2 Å². The summed E-state index contributed by atoms with van der Waals surface area (Å²) < 4.78 is 68.3. The van der Waals surface area contributed by atoms with Gasteiger partial charge in [-0.3, -0.25) is 37.3 Å². The summed E-state index contributed by atoms with van der Waals surface area (Å²) in [6.45, 7) is 14.1. The zero-order valence-electron chi connectivity index (χ0n) is 58.8. The number of aliphatic hydroxyl groups is 1. The molecule has 0 spiro atoms. The van der Waals surface area contributed by atoms with Crippen molar-refractivity contribution in [2.24, 2.45) is 23.7 Å². The van der Waals surface area contributed by atoms with Gasteiger partial charge in [0.05, 0.1) is 26.4 Å². The van der Waals surface area contributed by atoms with E-state index in [1.165, 1.54) is 154 Å². The molecule has 0 aromatic carbocycles. The Balaban J connectivity index is 5.26. The van der Waals surface area contributed by atoms with Crippen LogP contribution < -0.4 is 0 Å². The largest absolute Gasteiger partial charge is 0.472 e. The lowest BCUT2D eigenvalue weighted by Crippen LogP contribution is -2.30. The molecule has 0 amide bonds. The van der Waals surface area contributed by atoms with Gasteiger partial charge in [-0.2, -0.15) is 0 Å². The Morgan fingerprint density at radius 2 is 0.533 bits per heavy atom. The van der Waals surface area contributed by atoms with Crippen LogP contribution in [-0.2, 0) is 65.4 Å². The summed E-state index contributed by atoms with van der Waals surface area (Å²) >= 11 is 0. The Morgan fingerprint density at radius 3 is 0.789 bits per heavy atom. The van der Waals surface area contributed by atoms with Crippen LogP contribution in [0.25, 0.3) is 0 Å². The minimum absolute atomic E-state index is 0.104. The van der Waals surface area contributed by atoms with E-state index < -0.39 is 97.5 Å². The summed E-state index contributed by atoms with van der Waals surface area (Å²) in [6, 6.07) is 0. The van der Waals surface area contributed by atoms with Gasteiger partial charge in [0.1, 0.15) is 19.3 Å². The van der Waals surface area contributed by atoms with Gasteiger partial charge in [0, 0.05) is 25.7 Å². The molecule has 534 valence electrons. The van der Waals surface area contributed by atoms with E-state index in [0.29, 0.717) is 25.7 Å². The third-order valence-electron chi connectivity index (χ3n) is 16.7. The summed E-state index contributed by atoms with van der Waals surface area (Å²) in [5, 5.41) is 10.6. The van der Waals surface area contributed by atoms with E-state index in [1.54, 1.807) is 0 Å². The molecule has 0 saturated heterocycles. The van der Waals surface area contributed by atoms with Gasteiger partial charge < -0.3 is 33.8 Å². The molecule has 0 radical (unpaired) electrons. The predicted octanol–water partition coefficient (Wildman–Crippen LogP) is 20.1. The van der Waals surface area contributed by atoms with Crippen molar-refractivity contribution in [1.29, 1.82) is 0 Å². The standard InChI is InChI=1S/C71H138O17P2/c1-9-64(8)50-42-34-26-20-22-30-38-46-54-71(76)88-67(58-82-69(74)52-44-36-28-21-19-25-33-41-49-63(6)7)60-86-90(79,80)84-56-65(72)55-83-89(77,78)85-59-66(87-70(75)53-45-37-29-18-14-16-24-32-40-48-62(4)5)57-81-68(73)51-43-35-27-17-13-11-10-12-15-23-31-39-47-61(2)3/h61-67,72H,9-60H2,1-8H3,(H,77,78)(H,79,80)/t64?,65?,66-,67-/m1/s1. The minimum Gasteiger partial charge on any atom is -0.462 e. The SMILES string of the molecule is CCC(C)CCCCCCCCCCC(=O)O[C@H](COC(=O)CCCCCCCCCCC(C)C)COP(=O)(O)OCC(O)COP(=O)(O)OC[C@@H](COC(=O)CCCCCCCCCCCCCCC(C)C)OC(=O)CCCCCCCCCCCC(C)C. The number of ether oxygens (including phenoxy) is 4. The molecule has 17 nitrogen and oxygen atoms in total. The summed E-state index contributed by atoms with van der Waals surface area (Å²) in [5.41, 5.74) is 0.